The Labute approximate surface area is 105 Å². The molecule has 86 valence electrons. The quantitative estimate of drug-likeness (QED) is 0.875. The molecule has 2 aliphatic rings. The lowest BCUT2D eigenvalue weighted by molar-refractivity contribution is 0.252. The summed E-state index contributed by atoms with van der Waals surface area (Å²) in [5.74, 6) is 0.763. The molecule has 1 aliphatic carbocycles. The van der Waals surface area contributed by atoms with Gasteiger partial charge in [-0.15, -0.1) is 0 Å². The number of ether oxygens (including phenoxy) is 1. The van der Waals surface area contributed by atoms with Gasteiger partial charge in [0.05, 0.1) is 11.6 Å². The van der Waals surface area contributed by atoms with Gasteiger partial charge < -0.3 is 10.1 Å². The number of rotatable bonds is 2. The summed E-state index contributed by atoms with van der Waals surface area (Å²) in [6, 6.07) is 4.92. The second kappa shape index (κ2) is 4.10. The van der Waals surface area contributed by atoms with Crippen LogP contribution in [0, 0.1) is 0 Å². The van der Waals surface area contributed by atoms with Crippen molar-refractivity contribution in [2.75, 3.05) is 6.61 Å². The topological polar surface area (TPSA) is 21.3 Å². The Balaban J connectivity index is 1.94. The molecular weight excluding hydrogens is 245 g/mol. The Bertz CT molecular complexity index is 418. The molecule has 3 rings (SSSR count). The van der Waals surface area contributed by atoms with E-state index in [2.05, 4.69) is 5.32 Å². The molecule has 0 radical (unpaired) electrons. The maximum atomic E-state index is 6.14. The number of fused-ring (bicyclic) bond motifs is 1. The summed E-state index contributed by atoms with van der Waals surface area (Å²) in [6.45, 7) is 0.706. The van der Waals surface area contributed by atoms with Crippen LogP contribution in [-0.4, -0.2) is 12.6 Å². The van der Waals surface area contributed by atoms with Crippen molar-refractivity contribution in [2.45, 2.75) is 31.3 Å². The standard InChI is InChI=1S/C12H13Cl2NO/c13-9-4-3-8-10(15-7-1-2-7)5-6-16-12(8)11(9)14/h3-4,7,10,15H,1-2,5-6H2. The molecule has 0 amide bonds. The molecule has 0 saturated heterocycles. The molecule has 1 fully saturated rings. The van der Waals surface area contributed by atoms with Gasteiger partial charge in [0.2, 0.25) is 0 Å². The third-order valence-electron chi connectivity index (χ3n) is 3.12. The summed E-state index contributed by atoms with van der Waals surface area (Å²) in [5.41, 5.74) is 1.15. The fraction of sp³-hybridized carbons (Fsp3) is 0.500. The second-order valence-electron chi connectivity index (χ2n) is 4.41. The van der Waals surface area contributed by atoms with Crippen LogP contribution in [-0.2, 0) is 0 Å². The van der Waals surface area contributed by atoms with Crippen LogP contribution < -0.4 is 10.1 Å². The van der Waals surface area contributed by atoms with Crippen molar-refractivity contribution < 1.29 is 4.74 Å². The average molecular weight is 258 g/mol. The maximum Gasteiger partial charge on any atom is 0.144 e. The Kier molecular flexibility index (Phi) is 2.74. The highest BCUT2D eigenvalue weighted by Gasteiger charge is 2.30. The normalized spacial score (nSPS) is 23.8. The number of benzene rings is 1. The molecule has 1 unspecified atom stereocenters. The van der Waals surface area contributed by atoms with Gasteiger partial charge in [-0.25, -0.2) is 0 Å². The van der Waals surface area contributed by atoms with E-state index in [1.54, 1.807) is 0 Å². The van der Waals surface area contributed by atoms with Crippen molar-refractivity contribution in [1.29, 1.82) is 0 Å². The van der Waals surface area contributed by atoms with E-state index < -0.39 is 0 Å². The predicted octanol–water partition coefficient (Wildman–Crippen LogP) is 3.57. The highest BCUT2D eigenvalue weighted by atomic mass is 35.5. The number of hydrogen-bond acceptors (Lipinski definition) is 2. The van der Waals surface area contributed by atoms with Crippen LogP contribution in [0.5, 0.6) is 5.75 Å². The van der Waals surface area contributed by atoms with E-state index in [1.165, 1.54) is 12.8 Å². The lowest BCUT2D eigenvalue weighted by Gasteiger charge is -2.27. The molecule has 16 heavy (non-hydrogen) atoms. The van der Waals surface area contributed by atoms with Gasteiger partial charge in [0.25, 0.3) is 0 Å². The molecule has 1 N–H and O–H groups in total. The van der Waals surface area contributed by atoms with Crippen LogP contribution in [0.25, 0.3) is 0 Å². The van der Waals surface area contributed by atoms with E-state index in [9.17, 15) is 0 Å². The van der Waals surface area contributed by atoms with Gasteiger partial charge in [0.1, 0.15) is 10.8 Å². The van der Waals surface area contributed by atoms with Crippen LogP contribution in [0.3, 0.4) is 0 Å². The zero-order valence-electron chi connectivity index (χ0n) is 8.80. The lowest BCUT2D eigenvalue weighted by Crippen LogP contribution is -2.28. The molecule has 0 aromatic heterocycles. The third kappa shape index (κ3) is 1.90. The highest BCUT2D eigenvalue weighted by Crippen LogP contribution is 2.42. The fourth-order valence-corrected chi connectivity index (χ4v) is 2.49. The molecule has 1 aliphatic heterocycles. The summed E-state index contributed by atoms with van der Waals surface area (Å²) in [7, 11) is 0. The molecule has 1 aromatic rings. The minimum Gasteiger partial charge on any atom is -0.492 e. The van der Waals surface area contributed by atoms with Crippen LogP contribution in [0.2, 0.25) is 10.0 Å². The zero-order chi connectivity index (χ0) is 11.1. The van der Waals surface area contributed by atoms with Gasteiger partial charge in [0, 0.05) is 24.1 Å². The van der Waals surface area contributed by atoms with Crippen LogP contribution in [0.1, 0.15) is 30.9 Å². The molecule has 2 nitrogen and oxygen atoms in total. The molecule has 0 spiro atoms. The van der Waals surface area contributed by atoms with E-state index in [-0.39, 0.29) is 0 Å². The van der Waals surface area contributed by atoms with E-state index in [4.69, 9.17) is 27.9 Å². The van der Waals surface area contributed by atoms with Gasteiger partial charge >= 0.3 is 0 Å². The first-order valence-electron chi connectivity index (χ1n) is 5.62. The summed E-state index contributed by atoms with van der Waals surface area (Å²) in [4.78, 5) is 0. The Hall–Kier alpha value is -0.440. The van der Waals surface area contributed by atoms with Crippen molar-refractivity contribution in [3.05, 3.63) is 27.7 Å². The van der Waals surface area contributed by atoms with E-state index in [1.807, 2.05) is 12.1 Å². The van der Waals surface area contributed by atoms with Crippen LogP contribution in [0.4, 0.5) is 0 Å². The Morgan fingerprint density at radius 1 is 1.19 bits per heavy atom. The number of nitrogens with one attached hydrogen (secondary N) is 1. The van der Waals surface area contributed by atoms with Crippen molar-refractivity contribution >= 4 is 23.2 Å². The molecule has 1 atom stereocenters. The fourth-order valence-electron chi connectivity index (χ4n) is 2.11. The first kappa shape index (κ1) is 10.7. The maximum absolute atomic E-state index is 6.14. The summed E-state index contributed by atoms with van der Waals surface area (Å²) in [5, 5.41) is 4.72. The van der Waals surface area contributed by atoms with Gasteiger partial charge in [-0.05, 0) is 18.9 Å². The van der Waals surface area contributed by atoms with Gasteiger partial charge in [-0.1, -0.05) is 29.3 Å². The van der Waals surface area contributed by atoms with E-state index in [0.717, 1.165) is 17.7 Å². The smallest absolute Gasteiger partial charge is 0.144 e. The SMILES string of the molecule is Clc1ccc2c(c1Cl)OCCC2NC1CC1. The second-order valence-corrected chi connectivity index (χ2v) is 5.20. The first-order chi connectivity index (χ1) is 7.75. The molecule has 0 bridgehead atoms. The van der Waals surface area contributed by atoms with E-state index >= 15 is 0 Å². The molecular formula is C12H13Cl2NO. The van der Waals surface area contributed by atoms with Crippen LogP contribution in [0.15, 0.2) is 12.1 Å². The summed E-state index contributed by atoms with van der Waals surface area (Å²) < 4.78 is 5.61. The molecule has 1 heterocycles. The molecule has 1 saturated carbocycles. The van der Waals surface area contributed by atoms with Crippen molar-refractivity contribution in [3.63, 3.8) is 0 Å². The van der Waals surface area contributed by atoms with Gasteiger partial charge in [-0.2, -0.15) is 0 Å². The minimum absolute atomic E-state index is 0.367. The average Bonchev–Trinajstić information content (AvgIpc) is 3.08. The van der Waals surface area contributed by atoms with Gasteiger partial charge in [-0.3, -0.25) is 0 Å². The highest BCUT2D eigenvalue weighted by molar-refractivity contribution is 6.43. The Morgan fingerprint density at radius 2 is 2.00 bits per heavy atom. The third-order valence-corrected chi connectivity index (χ3v) is 3.91. The van der Waals surface area contributed by atoms with Crippen molar-refractivity contribution in [3.8, 4) is 5.75 Å². The number of halogens is 2. The zero-order valence-corrected chi connectivity index (χ0v) is 10.3. The summed E-state index contributed by atoms with van der Waals surface area (Å²) >= 11 is 12.1. The van der Waals surface area contributed by atoms with Crippen molar-refractivity contribution in [2.24, 2.45) is 0 Å². The van der Waals surface area contributed by atoms with Crippen molar-refractivity contribution in [1.82, 2.24) is 5.32 Å². The van der Waals surface area contributed by atoms with Crippen LogP contribution >= 0.6 is 23.2 Å². The molecule has 1 aromatic carbocycles. The largest absolute Gasteiger partial charge is 0.492 e. The van der Waals surface area contributed by atoms with Gasteiger partial charge in [0.15, 0.2) is 0 Å². The predicted molar refractivity (Wildman–Crippen MR) is 65.5 cm³/mol. The lowest BCUT2D eigenvalue weighted by atomic mass is 10.0. The molecule has 4 heteroatoms. The first-order valence-corrected chi connectivity index (χ1v) is 6.38. The number of hydrogen-bond donors (Lipinski definition) is 1. The Morgan fingerprint density at radius 3 is 2.75 bits per heavy atom. The summed E-state index contributed by atoms with van der Waals surface area (Å²) in [6.07, 6.45) is 3.57. The minimum atomic E-state index is 0.367. The van der Waals surface area contributed by atoms with E-state index in [0.29, 0.717) is 28.7 Å². The monoisotopic (exact) mass is 257 g/mol.